The van der Waals surface area contributed by atoms with Gasteiger partial charge in [0.15, 0.2) is 11.0 Å². The van der Waals surface area contributed by atoms with Gasteiger partial charge in [-0.25, -0.2) is 0 Å². The van der Waals surface area contributed by atoms with Crippen molar-refractivity contribution in [1.82, 2.24) is 14.8 Å². The second kappa shape index (κ2) is 7.55. The zero-order valence-corrected chi connectivity index (χ0v) is 14.7. The monoisotopic (exact) mass is 357 g/mol. The van der Waals surface area contributed by atoms with Gasteiger partial charge < -0.3 is 4.74 Å². The van der Waals surface area contributed by atoms with Gasteiger partial charge in [-0.1, -0.05) is 53.7 Å². The molecule has 0 radical (unpaired) electrons. The number of nitrogens with zero attached hydrogens (tertiary/aromatic N) is 3. The Kier molecular flexibility index (Phi) is 5.23. The Bertz CT molecular complexity index is 863. The van der Waals surface area contributed by atoms with Crippen molar-refractivity contribution in [3.63, 3.8) is 0 Å². The minimum atomic E-state index is 0.626. The summed E-state index contributed by atoms with van der Waals surface area (Å²) in [5.41, 5.74) is 1.69. The van der Waals surface area contributed by atoms with Gasteiger partial charge in [-0.2, -0.15) is 0 Å². The van der Waals surface area contributed by atoms with Crippen molar-refractivity contribution >= 4 is 23.4 Å². The smallest absolute Gasteiger partial charge is 0.196 e. The summed E-state index contributed by atoms with van der Waals surface area (Å²) in [7, 11) is 1.65. The number of ether oxygens (including phenoxy) is 1. The van der Waals surface area contributed by atoms with Gasteiger partial charge in [0.05, 0.1) is 17.8 Å². The van der Waals surface area contributed by atoms with Crippen LogP contribution in [0.3, 0.4) is 0 Å². The maximum absolute atomic E-state index is 6.37. The Morgan fingerprint density at radius 2 is 1.92 bits per heavy atom. The molecule has 0 fully saturated rings. The molecule has 0 saturated heterocycles. The number of aromatic nitrogens is 3. The molecule has 0 atom stereocenters. The average molecular weight is 358 g/mol. The van der Waals surface area contributed by atoms with Crippen LogP contribution >= 0.6 is 23.4 Å². The predicted molar refractivity (Wildman–Crippen MR) is 99.3 cm³/mol. The molecule has 24 heavy (non-hydrogen) atoms. The molecule has 3 rings (SSSR count). The van der Waals surface area contributed by atoms with E-state index in [1.54, 1.807) is 18.9 Å². The molecule has 2 aromatic carbocycles. The lowest BCUT2D eigenvalue weighted by Crippen LogP contribution is -2.02. The first kappa shape index (κ1) is 16.6. The van der Waals surface area contributed by atoms with Crippen molar-refractivity contribution in [2.45, 2.75) is 5.16 Å². The first-order valence-electron chi connectivity index (χ1n) is 7.33. The summed E-state index contributed by atoms with van der Waals surface area (Å²) >= 11 is 7.93. The van der Waals surface area contributed by atoms with Crippen molar-refractivity contribution in [1.29, 1.82) is 0 Å². The third-order valence-corrected chi connectivity index (χ3v) is 4.66. The average Bonchev–Trinajstić information content (AvgIpc) is 3.03. The summed E-state index contributed by atoms with van der Waals surface area (Å²) in [6.45, 7) is 3.77. The molecule has 0 unspecified atom stereocenters. The zero-order chi connectivity index (χ0) is 16.9. The minimum absolute atomic E-state index is 0.626. The van der Waals surface area contributed by atoms with Crippen LogP contribution in [0.1, 0.15) is 0 Å². The van der Waals surface area contributed by atoms with Crippen molar-refractivity contribution in [3.05, 3.63) is 66.2 Å². The van der Waals surface area contributed by atoms with Gasteiger partial charge in [0.2, 0.25) is 0 Å². The van der Waals surface area contributed by atoms with Crippen molar-refractivity contribution < 1.29 is 4.74 Å². The molecule has 1 aromatic heterocycles. The Morgan fingerprint density at radius 1 is 1.17 bits per heavy atom. The number of thioether (sulfide) groups is 1. The molecule has 0 bridgehead atoms. The van der Waals surface area contributed by atoms with E-state index >= 15 is 0 Å². The molecule has 0 aliphatic carbocycles. The predicted octanol–water partition coefficient (Wildman–Crippen LogP) is 4.87. The lowest BCUT2D eigenvalue weighted by molar-refractivity contribution is 0.412. The normalized spacial score (nSPS) is 10.6. The second-order valence-corrected chi connectivity index (χ2v) is 6.29. The van der Waals surface area contributed by atoms with Gasteiger partial charge in [0.25, 0.3) is 0 Å². The Labute approximate surface area is 150 Å². The van der Waals surface area contributed by atoms with Gasteiger partial charge in [-0.05, 0) is 24.3 Å². The minimum Gasteiger partial charge on any atom is -0.495 e. The van der Waals surface area contributed by atoms with Crippen molar-refractivity contribution in [3.8, 4) is 22.8 Å². The van der Waals surface area contributed by atoms with Crippen LogP contribution in [0.4, 0.5) is 0 Å². The van der Waals surface area contributed by atoms with E-state index in [4.69, 9.17) is 16.3 Å². The van der Waals surface area contributed by atoms with E-state index < -0.39 is 0 Å². The molecular formula is C18H16ClN3OS. The molecule has 4 nitrogen and oxygen atoms in total. The summed E-state index contributed by atoms with van der Waals surface area (Å²) in [6.07, 6.45) is 1.83. The number of para-hydroxylation sites is 2. The van der Waals surface area contributed by atoms with Crippen LogP contribution in [-0.2, 0) is 0 Å². The van der Waals surface area contributed by atoms with Crippen LogP contribution in [0.15, 0.2) is 66.3 Å². The van der Waals surface area contributed by atoms with Gasteiger partial charge in [0, 0.05) is 11.3 Å². The Balaban J connectivity index is 2.23. The first-order valence-corrected chi connectivity index (χ1v) is 8.70. The van der Waals surface area contributed by atoms with E-state index in [-0.39, 0.29) is 0 Å². The quantitative estimate of drug-likeness (QED) is 0.466. The van der Waals surface area contributed by atoms with E-state index in [1.807, 2.05) is 59.2 Å². The van der Waals surface area contributed by atoms with E-state index in [0.29, 0.717) is 10.8 Å². The summed E-state index contributed by atoms with van der Waals surface area (Å²) in [4.78, 5) is 0. The summed E-state index contributed by atoms with van der Waals surface area (Å²) < 4.78 is 7.48. The second-order valence-electron chi connectivity index (χ2n) is 4.89. The van der Waals surface area contributed by atoms with Crippen LogP contribution in [0.5, 0.6) is 5.75 Å². The summed E-state index contributed by atoms with van der Waals surface area (Å²) in [6, 6.07) is 15.4. The fourth-order valence-electron chi connectivity index (χ4n) is 2.35. The van der Waals surface area contributed by atoms with E-state index in [2.05, 4.69) is 16.8 Å². The van der Waals surface area contributed by atoms with Gasteiger partial charge in [-0.3, -0.25) is 4.57 Å². The molecule has 0 amide bonds. The van der Waals surface area contributed by atoms with Crippen molar-refractivity contribution in [2.75, 3.05) is 12.9 Å². The van der Waals surface area contributed by atoms with Crippen molar-refractivity contribution in [2.24, 2.45) is 0 Å². The van der Waals surface area contributed by atoms with Crippen LogP contribution in [0.25, 0.3) is 17.1 Å². The maximum atomic E-state index is 6.37. The molecule has 0 aliphatic heterocycles. The fraction of sp³-hybridized carbons (Fsp3) is 0.111. The number of hydrogen-bond donors (Lipinski definition) is 0. The number of hydrogen-bond acceptors (Lipinski definition) is 4. The highest BCUT2D eigenvalue weighted by Gasteiger charge is 2.19. The van der Waals surface area contributed by atoms with E-state index in [9.17, 15) is 0 Å². The molecule has 6 heteroatoms. The molecule has 0 saturated carbocycles. The SMILES string of the molecule is C=CCSc1nnc(-c2ccccc2Cl)n1-c1ccccc1OC. The topological polar surface area (TPSA) is 39.9 Å². The molecular weight excluding hydrogens is 342 g/mol. The number of methoxy groups -OCH3 is 1. The maximum Gasteiger partial charge on any atom is 0.196 e. The highest BCUT2D eigenvalue weighted by molar-refractivity contribution is 7.99. The highest BCUT2D eigenvalue weighted by atomic mass is 35.5. The standard InChI is InChI=1S/C18H16ClN3OS/c1-3-12-24-18-21-20-17(13-8-4-5-9-14(13)19)22(18)15-10-6-7-11-16(15)23-2/h3-11H,1,12H2,2H3. The van der Waals surface area contributed by atoms with Crippen LogP contribution < -0.4 is 4.74 Å². The third-order valence-electron chi connectivity index (χ3n) is 3.40. The lowest BCUT2D eigenvalue weighted by Gasteiger charge is -2.14. The molecule has 122 valence electrons. The first-order chi connectivity index (χ1) is 11.8. The number of halogens is 1. The fourth-order valence-corrected chi connectivity index (χ4v) is 3.25. The zero-order valence-electron chi connectivity index (χ0n) is 13.1. The summed E-state index contributed by atoms with van der Waals surface area (Å²) in [5.74, 6) is 2.15. The molecule has 1 heterocycles. The third kappa shape index (κ3) is 3.18. The van der Waals surface area contributed by atoms with E-state index in [1.165, 1.54) is 0 Å². The van der Waals surface area contributed by atoms with Crippen LogP contribution in [0, 0.1) is 0 Å². The summed E-state index contributed by atoms with van der Waals surface area (Å²) in [5, 5.41) is 10.1. The van der Waals surface area contributed by atoms with Gasteiger partial charge in [-0.15, -0.1) is 16.8 Å². The molecule has 0 aliphatic rings. The van der Waals surface area contributed by atoms with Crippen LogP contribution in [0.2, 0.25) is 5.02 Å². The van der Waals surface area contributed by atoms with Gasteiger partial charge >= 0.3 is 0 Å². The Morgan fingerprint density at radius 3 is 2.67 bits per heavy atom. The molecule has 0 spiro atoms. The van der Waals surface area contributed by atoms with Crippen LogP contribution in [-0.4, -0.2) is 27.6 Å². The lowest BCUT2D eigenvalue weighted by atomic mass is 10.2. The van der Waals surface area contributed by atoms with E-state index in [0.717, 1.165) is 27.9 Å². The Hall–Kier alpha value is -2.24. The van der Waals surface area contributed by atoms with Gasteiger partial charge in [0.1, 0.15) is 5.75 Å². The molecule has 3 aromatic rings. The highest BCUT2D eigenvalue weighted by Crippen LogP contribution is 2.34. The largest absolute Gasteiger partial charge is 0.495 e. The number of benzene rings is 2. The molecule has 0 N–H and O–H groups in total. The number of rotatable bonds is 6.